The number of nitrogens with zero attached hydrogens (tertiary/aromatic N) is 1. The Balaban J connectivity index is 2.54. The molecule has 180 valence electrons. The zero-order valence-electron chi connectivity index (χ0n) is 19.4. The molecule has 0 fully saturated rings. The highest BCUT2D eigenvalue weighted by atomic mass is 19.3. The highest BCUT2D eigenvalue weighted by Gasteiger charge is 2.27. The van der Waals surface area contributed by atoms with Gasteiger partial charge >= 0.3 is 0 Å². The van der Waals surface area contributed by atoms with Gasteiger partial charge in [0.1, 0.15) is 11.5 Å². The van der Waals surface area contributed by atoms with Gasteiger partial charge in [0.25, 0.3) is 5.92 Å². The van der Waals surface area contributed by atoms with Crippen molar-refractivity contribution < 1.29 is 22.7 Å². The van der Waals surface area contributed by atoms with Gasteiger partial charge in [0.15, 0.2) is 0 Å². The van der Waals surface area contributed by atoms with E-state index in [1.807, 2.05) is 13.8 Å². The van der Waals surface area contributed by atoms with Crippen LogP contribution < -0.4 is 5.32 Å². The second-order valence-corrected chi connectivity index (χ2v) is 7.33. The Kier molecular flexibility index (Phi) is 12.1. The maximum absolute atomic E-state index is 13.5. The number of ether oxygens (including phenoxy) is 1. The number of aliphatic imine (C=N–C) groups is 1. The van der Waals surface area contributed by atoms with Crippen molar-refractivity contribution in [2.45, 2.75) is 46.0 Å². The molecule has 1 aromatic rings. The van der Waals surface area contributed by atoms with Gasteiger partial charge in [-0.1, -0.05) is 38.1 Å². The number of nitrogens with one attached hydrogen (secondary N) is 2. The first-order chi connectivity index (χ1) is 15.6. The van der Waals surface area contributed by atoms with Crippen LogP contribution in [0.15, 0.2) is 59.6 Å². The normalized spacial score (nSPS) is 13.1. The van der Waals surface area contributed by atoms with E-state index >= 15 is 0 Å². The molecule has 0 aliphatic carbocycles. The lowest BCUT2D eigenvalue weighted by Crippen LogP contribution is -2.30. The van der Waals surface area contributed by atoms with Gasteiger partial charge < -0.3 is 10.1 Å². The number of alkyl halides is 2. The van der Waals surface area contributed by atoms with Gasteiger partial charge in [0, 0.05) is 36.7 Å². The number of carbonyl (C=O) groups is 1. The van der Waals surface area contributed by atoms with E-state index in [0.29, 0.717) is 49.8 Å². The van der Waals surface area contributed by atoms with Crippen molar-refractivity contribution in [1.29, 1.82) is 5.41 Å². The predicted octanol–water partition coefficient (Wildman–Crippen LogP) is 5.74. The SMILES string of the molecule is C=CC(CCOCCNC(=O)/C(=C/C(=N)C(C)(F)F)CCC)=N/C(=C/C)c1cccc(F)c1. The minimum Gasteiger partial charge on any atom is -0.379 e. The minimum absolute atomic E-state index is 0.140. The number of benzene rings is 1. The van der Waals surface area contributed by atoms with Crippen molar-refractivity contribution in [3.05, 3.63) is 66.0 Å². The molecule has 1 aromatic carbocycles. The zero-order chi connectivity index (χ0) is 24.9. The molecule has 0 atom stereocenters. The lowest BCUT2D eigenvalue weighted by molar-refractivity contribution is -0.117. The van der Waals surface area contributed by atoms with Gasteiger partial charge in [-0.05, 0) is 37.6 Å². The number of carbonyl (C=O) groups excluding carboxylic acids is 1. The van der Waals surface area contributed by atoms with Crippen LogP contribution in [0.5, 0.6) is 0 Å². The van der Waals surface area contributed by atoms with E-state index in [9.17, 15) is 18.0 Å². The van der Waals surface area contributed by atoms with E-state index in [2.05, 4.69) is 16.9 Å². The Bertz CT molecular complexity index is 916. The van der Waals surface area contributed by atoms with Gasteiger partial charge in [0.05, 0.1) is 18.9 Å². The van der Waals surface area contributed by atoms with E-state index < -0.39 is 17.5 Å². The molecular formula is C25H32F3N3O2. The average Bonchev–Trinajstić information content (AvgIpc) is 2.76. The maximum Gasteiger partial charge on any atom is 0.286 e. The van der Waals surface area contributed by atoms with Crippen molar-refractivity contribution in [3.8, 4) is 0 Å². The highest BCUT2D eigenvalue weighted by molar-refractivity contribution is 6.05. The zero-order valence-corrected chi connectivity index (χ0v) is 19.4. The van der Waals surface area contributed by atoms with Crippen molar-refractivity contribution >= 4 is 23.0 Å². The van der Waals surface area contributed by atoms with Crippen LogP contribution in [-0.2, 0) is 9.53 Å². The molecule has 0 radical (unpaired) electrons. The molecule has 0 spiro atoms. The molecule has 0 saturated carbocycles. The lowest BCUT2D eigenvalue weighted by atomic mass is 10.1. The van der Waals surface area contributed by atoms with Crippen LogP contribution in [0.4, 0.5) is 13.2 Å². The summed E-state index contributed by atoms with van der Waals surface area (Å²) < 4.78 is 45.5. The van der Waals surface area contributed by atoms with Crippen LogP contribution in [0.2, 0.25) is 0 Å². The maximum atomic E-state index is 13.5. The number of hydrogen-bond acceptors (Lipinski definition) is 4. The molecule has 0 aliphatic heterocycles. The van der Waals surface area contributed by atoms with Crippen molar-refractivity contribution in [2.75, 3.05) is 19.8 Å². The summed E-state index contributed by atoms with van der Waals surface area (Å²) >= 11 is 0. The summed E-state index contributed by atoms with van der Waals surface area (Å²) in [6.07, 6.45) is 5.67. The molecule has 5 nitrogen and oxygen atoms in total. The molecule has 0 aromatic heterocycles. The first-order valence-corrected chi connectivity index (χ1v) is 10.8. The molecule has 1 amide bonds. The molecule has 8 heteroatoms. The topological polar surface area (TPSA) is 74.5 Å². The van der Waals surface area contributed by atoms with Crippen LogP contribution in [0.1, 0.15) is 45.6 Å². The fraction of sp³-hybridized carbons (Fsp3) is 0.400. The van der Waals surface area contributed by atoms with Crippen LogP contribution in [-0.4, -0.2) is 43.0 Å². The number of hydrogen-bond donors (Lipinski definition) is 2. The molecule has 33 heavy (non-hydrogen) atoms. The summed E-state index contributed by atoms with van der Waals surface area (Å²) in [6, 6.07) is 6.16. The highest BCUT2D eigenvalue weighted by Crippen LogP contribution is 2.18. The second-order valence-electron chi connectivity index (χ2n) is 7.33. The fourth-order valence-corrected chi connectivity index (χ4v) is 2.75. The summed E-state index contributed by atoms with van der Waals surface area (Å²) in [7, 11) is 0. The van der Waals surface area contributed by atoms with E-state index in [1.54, 1.807) is 24.3 Å². The summed E-state index contributed by atoms with van der Waals surface area (Å²) in [5, 5.41) is 10.0. The van der Waals surface area contributed by atoms with E-state index in [4.69, 9.17) is 10.1 Å². The van der Waals surface area contributed by atoms with Crippen LogP contribution in [0.25, 0.3) is 5.70 Å². The Hall–Kier alpha value is -3.00. The molecule has 1 rings (SSSR count). The molecule has 0 bridgehead atoms. The van der Waals surface area contributed by atoms with Crippen LogP contribution in [0, 0.1) is 11.2 Å². The lowest BCUT2D eigenvalue weighted by Gasteiger charge is -2.12. The Morgan fingerprint density at radius 3 is 2.61 bits per heavy atom. The third-order valence-electron chi connectivity index (χ3n) is 4.53. The van der Waals surface area contributed by atoms with E-state index in [-0.39, 0.29) is 24.5 Å². The molecule has 0 saturated heterocycles. The second kappa shape index (κ2) is 14.2. The predicted molar refractivity (Wildman–Crippen MR) is 127 cm³/mol. The average molecular weight is 464 g/mol. The molecule has 0 aliphatic rings. The molecule has 0 unspecified atom stereocenters. The summed E-state index contributed by atoms with van der Waals surface area (Å²) in [6.45, 7) is 8.75. The number of amides is 1. The molecule has 0 heterocycles. The first kappa shape index (κ1) is 28.0. The number of allylic oxidation sites excluding steroid dienone is 3. The van der Waals surface area contributed by atoms with Gasteiger partial charge in [-0.25, -0.2) is 4.39 Å². The molecular weight excluding hydrogens is 431 g/mol. The largest absolute Gasteiger partial charge is 0.379 e. The van der Waals surface area contributed by atoms with Crippen LogP contribution in [0.3, 0.4) is 0 Å². The Morgan fingerprint density at radius 2 is 2.03 bits per heavy atom. The van der Waals surface area contributed by atoms with Crippen LogP contribution >= 0.6 is 0 Å². The smallest absolute Gasteiger partial charge is 0.286 e. The van der Waals surface area contributed by atoms with Crippen molar-refractivity contribution in [2.24, 2.45) is 4.99 Å². The van der Waals surface area contributed by atoms with E-state index in [0.717, 1.165) is 6.08 Å². The van der Waals surface area contributed by atoms with Crippen molar-refractivity contribution in [1.82, 2.24) is 5.32 Å². The Labute approximate surface area is 193 Å². The third-order valence-corrected chi connectivity index (χ3v) is 4.53. The fourth-order valence-electron chi connectivity index (χ4n) is 2.75. The minimum atomic E-state index is -3.30. The summed E-state index contributed by atoms with van der Waals surface area (Å²) in [4.78, 5) is 16.8. The van der Waals surface area contributed by atoms with Gasteiger partial charge in [0.2, 0.25) is 5.91 Å². The number of rotatable bonds is 14. The first-order valence-electron chi connectivity index (χ1n) is 10.8. The summed E-state index contributed by atoms with van der Waals surface area (Å²) in [5.74, 6) is -4.13. The van der Waals surface area contributed by atoms with Gasteiger partial charge in [-0.2, -0.15) is 8.78 Å². The number of halogens is 3. The van der Waals surface area contributed by atoms with Crippen molar-refractivity contribution in [3.63, 3.8) is 0 Å². The monoisotopic (exact) mass is 463 g/mol. The Morgan fingerprint density at radius 1 is 1.30 bits per heavy atom. The summed E-state index contributed by atoms with van der Waals surface area (Å²) in [5.41, 5.74) is 1.19. The quantitative estimate of drug-likeness (QED) is 0.210. The van der Waals surface area contributed by atoms with Gasteiger partial charge in [-0.15, -0.1) is 0 Å². The third kappa shape index (κ3) is 10.4. The standard InChI is InChI=1S/C25H32F3N3O2/c1-5-9-19(17-23(29)25(4,27)28)24(32)30-13-15-33-14-12-21(6-2)31-22(7-3)18-10-8-11-20(26)16-18/h6-8,10-11,16-17,29H,2,5,9,12-15H2,1,3-4H3,(H,30,32)/b19-17+,22-7+,29-23?,31-21?. The van der Waals surface area contributed by atoms with E-state index in [1.165, 1.54) is 12.1 Å². The van der Waals surface area contributed by atoms with Gasteiger partial charge in [-0.3, -0.25) is 15.2 Å². The molecule has 2 N–H and O–H groups in total.